The van der Waals surface area contributed by atoms with E-state index in [0.29, 0.717) is 17.7 Å². The quantitative estimate of drug-likeness (QED) is 0.660. The van der Waals surface area contributed by atoms with E-state index in [0.717, 1.165) is 5.69 Å². The molecule has 14 heavy (non-hydrogen) atoms. The van der Waals surface area contributed by atoms with Crippen LogP contribution in [-0.4, -0.2) is 26.0 Å². The van der Waals surface area contributed by atoms with Crippen LogP contribution in [0.5, 0.6) is 0 Å². The molecule has 0 aromatic carbocycles. The standard InChI is InChI=1S/C9H12N2O3/c1-5-7-6(11(2)10-5)3-4-9(7,14)8(12)13/h14H,3-4H2,1-2H3,(H,12,13). The molecule has 5 heteroatoms. The van der Waals surface area contributed by atoms with Crippen LogP contribution in [0, 0.1) is 6.92 Å². The SMILES string of the molecule is Cc1nn(C)c2c1C(O)(C(=O)O)CC2. The number of aromatic nitrogens is 2. The van der Waals surface area contributed by atoms with Crippen LogP contribution in [-0.2, 0) is 23.9 Å². The molecule has 0 saturated carbocycles. The van der Waals surface area contributed by atoms with Gasteiger partial charge >= 0.3 is 5.97 Å². The van der Waals surface area contributed by atoms with Gasteiger partial charge in [0.05, 0.1) is 5.69 Å². The van der Waals surface area contributed by atoms with Gasteiger partial charge in [-0.2, -0.15) is 5.10 Å². The summed E-state index contributed by atoms with van der Waals surface area (Å²) in [7, 11) is 1.76. The van der Waals surface area contributed by atoms with Gasteiger partial charge in [-0.1, -0.05) is 0 Å². The third-order valence-electron chi connectivity index (χ3n) is 2.83. The van der Waals surface area contributed by atoms with Crippen LogP contribution in [0.2, 0.25) is 0 Å². The fourth-order valence-corrected chi connectivity index (χ4v) is 2.17. The maximum atomic E-state index is 11.0. The van der Waals surface area contributed by atoms with Crippen LogP contribution in [0.15, 0.2) is 0 Å². The molecule has 1 aliphatic rings. The van der Waals surface area contributed by atoms with E-state index in [2.05, 4.69) is 5.10 Å². The summed E-state index contributed by atoms with van der Waals surface area (Å²) >= 11 is 0. The van der Waals surface area contributed by atoms with E-state index >= 15 is 0 Å². The van der Waals surface area contributed by atoms with Gasteiger partial charge in [0.15, 0.2) is 5.60 Å². The Kier molecular flexibility index (Phi) is 1.69. The zero-order valence-electron chi connectivity index (χ0n) is 8.11. The van der Waals surface area contributed by atoms with Crippen molar-refractivity contribution in [2.45, 2.75) is 25.4 Å². The first kappa shape index (κ1) is 9.21. The zero-order chi connectivity index (χ0) is 10.5. The monoisotopic (exact) mass is 196 g/mol. The van der Waals surface area contributed by atoms with Crippen molar-refractivity contribution in [1.82, 2.24) is 9.78 Å². The number of carboxylic acids is 1. The predicted octanol–water partition coefficient (Wildman–Crippen LogP) is -0.0531. The highest BCUT2D eigenvalue weighted by molar-refractivity contribution is 5.81. The molecule has 5 nitrogen and oxygen atoms in total. The highest BCUT2D eigenvalue weighted by Crippen LogP contribution is 2.38. The summed E-state index contributed by atoms with van der Waals surface area (Å²) in [4.78, 5) is 11.0. The summed E-state index contributed by atoms with van der Waals surface area (Å²) in [6.45, 7) is 1.72. The highest BCUT2D eigenvalue weighted by atomic mass is 16.4. The summed E-state index contributed by atoms with van der Waals surface area (Å²) in [6.07, 6.45) is 0.805. The van der Waals surface area contributed by atoms with E-state index in [-0.39, 0.29) is 6.42 Å². The normalized spacial score (nSPS) is 25.1. The molecule has 0 aliphatic heterocycles. The zero-order valence-corrected chi connectivity index (χ0v) is 8.11. The Morgan fingerprint density at radius 2 is 2.29 bits per heavy atom. The fourth-order valence-electron chi connectivity index (χ4n) is 2.17. The van der Waals surface area contributed by atoms with E-state index in [1.807, 2.05) is 0 Å². The van der Waals surface area contributed by atoms with Crippen molar-refractivity contribution in [1.29, 1.82) is 0 Å². The van der Waals surface area contributed by atoms with Crippen LogP contribution < -0.4 is 0 Å². The Morgan fingerprint density at radius 1 is 1.64 bits per heavy atom. The average molecular weight is 196 g/mol. The summed E-state index contributed by atoms with van der Waals surface area (Å²) < 4.78 is 1.64. The molecule has 0 bridgehead atoms. The Bertz CT molecular complexity index is 410. The molecule has 1 unspecified atom stereocenters. The highest BCUT2D eigenvalue weighted by Gasteiger charge is 2.47. The smallest absolute Gasteiger partial charge is 0.340 e. The Balaban J connectivity index is 2.64. The van der Waals surface area contributed by atoms with Gasteiger partial charge in [-0.05, 0) is 19.8 Å². The van der Waals surface area contributed by atoms with Gasteiger partial charge in [0.1, 0.15) is 0 Å². The Morgan fingerprint density at radius 3 is 2.86 bits per heavy atom. The number of aliphatic carboxylic acids is 1. The third-order valence-corrected chi connectivity index (χ3v) is 2.83. The van der Waals surface area contributed by atoms with Crippen molar-refractivity contribution in [2.75, 3.05) is 0 Å². The van der Waals surface area contributed by atoms with Crippen molar-refractivity contribution >= 4 is 5.97 Å². The molecule has 0 fully saturated rings. The molecule has 0 radical (unpaired) electrons. The lowest BCUT2D eigenvalue weighted by Gasteiger charge is -2.17. The number of fused-ring (bicyclic) bond motifs is 1. The van der Waals surface area contributed by atoms with Gasteiger partial charge in [-0.25, -0.2) is 4.79 Å². The minimum Gasteiger partial charge on any atom is -0.479 e. The molecule has 1 atom stereocenters. The van der Waals surface area contributed by atoms with Gasteiger partial charge < -0.3 is 10.2 Å². The third kappa shape index (κ3) is 0.928. The van der Waals surface area contributed by atoms with Crippen LogP contribution >= 0.6 is 0 Å². The van der Waals surface area contributed by atoms with Crippen LogP contribution in [0.3, 0.4) is 0 Å². The van der Waals surface area contributed by atoms with Gasteiger partial charge in [0, 0.05) is 18.3 Å². The molecule has 0 amide bonds. The summed E-state index contributed by atoms with van der Waals surface area (Å²) in [5, 5.41) is 23.0. The summed E-state index contributed by atoms with van der Waals surface area (Å²) in [5.74, 6) is -1.19. The van der Waals surface area contributed by atoms with Gasteiger partial charge in [0.25, 0.3) is 0 Å². The fraction of sp³-hybridized carbons (Fsp3) is 0.556. The average Bonchev–Trinajstić information content (AvgIpc) is 2.56. The van der Waals surface area contributed by atoms with E-state index in [1.54, 1.807) is 18.7 Å². The largest absolute Gasteiger partial charge is 0.479 e. The first-order valence-electron chi connectivity index (χ1n) is 4.45. The number of hydrogen-bond donors (Lipinski definition) is 2. The van der Waals surface area contributed by atoms with Crippen molar-refractivity contribution < 1.29 is 15.0 Å². The van der Waals surface area contributed by atoms with E-state index in [1.165, 1.54) is 0 Å². The lowest BCUT2D eigenvalue weighted by atomic mass is 9.96. The molecular weight excluding hydrogens is 184 g/mol. The number of aryl methyl sites for hydroxylation is 2. The molecule has 0 saturated heterocycles. The van der Waals surface area contributed by atoms with Crippen molar-refractivity contribution in [3.8, 4) is 0 Å². The topological polar surface area (TPSA) is 75.3 Å². The molecular formula is C9H12N2O3. The second-order valence-electron chi connectivity index (χ2n) is 3.70. The first-order valence-corrected chi connectivity index (χ1v) is 4.45. The number of carbonyl (C=O) groups is 1. The first-order chi connectivity index (χ1) is 6.47. The van der Waals surface area contributed by atoms with E-state index in [9.17, 15) is 9.90 Å². The number of nitrogens with zero attached hydrogens (tertiary/aromatic N) is 2. The lowest BCUT2D eigenvalue weighted by molar-refractivity contribution is -0.159. The number of hydrogen-bond acceptors (Lipinski definition) is 3. The van der Waals surface area contributed by atoms with Crippen molar-refractivity contribution in [3.05, 3.63) is 17.0 Å². The van der Waals surface area contributed by atoms with Crippen LogP contribution in [0.4, 0.5) is 0 Å². The molecule has 2 N–H and O–H groups in total. The second-order valence-corrected chi connectivity index (χ2v) is 3.70. The van der Waals surface area contributed by atoms with Crippen molar-refractivity contribution in [3.63, 3.8) is 0 Å². The van der Waals surface area contributed by atoms with Crippen molar-refractivity contribution in [2.24, 2.45) is 7.05 Å². The number of aliphatic hydroxyl groups is 1. The molecule has 1 aromatic rings. The van der Waals surface area contributed by atoms with Crippen LogP contribution in [0.25, 0.3) is 0 Å². The number of rotatable bonds is 1. The van der Waals surface area contributed by atoms with Gasteiger partial charge in [-0.15, -0.1) is 0 Å². The predicted molar refractivity (Wildman–Crippen MR) is 47.8 cm³/mol. The van der Waals surface area contributed by atoms with E-state index < -0.39 is 11.6 Å². The Labute approximate surface area is 81.0 Å². The maximum Gasteiger partial charge on any atom is 0.340 e. The number of carboxylic acid groups (broad SMARTS) is 1. The van der Waals surface area contributed by atoms with Crippen LogP contribution in [0.1, 0.15) is 23.4 Å². The second kappa shape index (κ2) is 2.57. The summed E-state index contributed by atoms with van der Waals surface area (Å²) in [5.41, 5.74) is 0.179. The van der Waals surface area contributed by atoms with Gasteiger partial charge in [0.2, 0.25) is 0 Å². The lowest BCUT2D eigenvalue weighted by Crippen LogP contribution is -2.33. The minimum absolute atomic E-state index is 0.240. The maximum absolute atomic E-state index is 11.0. The van der Waals surface area contributed by atoms with E-state index in [4.69, 9.17) is 5.11 Å². The van der Waals surface area contributed by atoms with Gasteiger partial charge in [-0.3, -0.25) is 4.68 Å². The molecule has 1 aromatic heterocycles. The summed E-state index contributed by atoms with van der Waals surface area (Å²) in [6, 6.07) is 0. The molecule has 2 rings (SSSR count). The molecule has 1 heterocycles. The molecule has 0 spiro atoms. The minimum atomic E-state index is -1.73. The Hall–Kier alpha value is -1.36. The molecule has 1 aliphatic carbocycles. The molecule has 76 valence electrons.